The van der Waals surface area contributed by atoms with Crippen molar-refractivity contribution in [2.45, 2.75) is 52.5 Å². The van der Waals surface area contributed by atoms with E-state index in [1.54, 1.807) is 0 Å². The molecule has 1 heterocycles. The quantitative estimate of drug-likeness (QED) is 0.849. The minimum absolute atomic E-state index is 0.513. The number of anilines is 1. The van der Waals surface area contributed by atoms with Gasteiger partial charge in [-0.25, -0.2) is 4.98 Å². The van der Waals surface area contributed by atoms with Crippen molar-refractivity contribution in [1.29, 1.82) is 0 Å². The van der Waals surface area contributed by atoms with Gasteiger partial charge < -0.3 is 5.32 Å². The summed E-state index contributed by atoms with van der Waals surface area (Å²) in [7, 11) is 0. The van der Waals surface area contributed by atoms with Crippen LogP contribution in [0.1, 0.15) is 44.0 Å². The minimum atomic E-state index is 0.513. The van der Waals surface area contributed by atoms with Gasteiger partial charge in [0.05, 0.1) is 17.6 Å². The smallest absolute Gasteiger partial charge is 0.145 e. The molecule has 1 aliphatic rings. The molecule has 3 nitrogen and oxygen atoms in total. The van der Waals surface area contributed by atoms with Crippen LogP contribution in [0.4, 0.5) is 5.82 Å². The maximum absolute atomic E-state index is 4.51. The summed E-state index contributed by atoms with van der Waals surface area (Å²) in [6, 6.07) is 0.513. The number of hydrogen-bond donors (Lipinski definition) is 1. The van der Waals surface area contributed by atoms with Gasteiger partial charge in [0.25, 0.3) is 0 Å². The van der Waals surface area contributed by atoms with E-state index in [-0.39, 0.29) is 0 Å². The maximum atomic E-state index is 4.51. The third kappa shape index (κ3) is 2.52. The van der Waals surface area contributed by atoms with Gasteiger partial charge in [0.2, 0.25) is 0 Å². The molecule has 0 aromatic carbocycles. The number of nitrogens with zero attached hydrogens (tertiary/aromatic N) is 2. The molecule has 0 saturated heterocycles. The van der Waals surface area contributed by atoms with Gasteiger partial charge in [0.1, 0.15) is 5.82 Å². The number of hydrogen-bond acceptors (Lipinski definition) is 3. The Kier molecular flexibility index (Phi) is 3.42. The molecule has 0 spiro atoms. The van der Waals surface area contributed by atoms with Crippen molar-refractivity contribution in [3.8, 4) is 0 Å². The van der Waals surface area contributed by atoms with Gasteiger partial charge >= 0.3 is 0 Å². The van der Waals surface area contributed by atoms with Gasteiger partial charge in [-0.2, -0.15) is 0 Å². The highest BCUT2D eigenvalue weighted by molar-refractivity contribution is 5.34. The van der Waals surface area contributed by atoms with Crippen molar-refractivity contribution in [2.24, 2.45) is 5.92 Å². The van der Waals surface area contributed by atoms with Crippen LogP contribution in [0.5, 0.6) is 0 Å². The van der Waals surface area contributed by atoms with Gasteiger partial charge in [0, 0.05) is 6.04 Å². The number of rotatable bonds is 3. The monoisotopic (exact) mass is 219 g/mol. The van der Waals surface area contributed by atoms with Crippen LogP contribution in [-0.4, -0.2) is 16.0 Å². The Labute approximate surface area is 97.7 Å². The Hall–Kier alpha value is -1.12. The van der Waals surface area contributed by atoms with E-state index in [2.05, 4.69) is 22.2 Å². The average Bonchev–Trinajstić information content (AvgIpc) is 2.77. The lowest BCUT2D eigenvalue weighted by molar-refractivity contribution is 0.481. The Balaban J connectivity index is 1.99. The zero-order valence-corrected chi connectivity index (χ0v) is 10.5. The van der Waals surface area contributed by atoms with Crippen molar-refractivity contribution in [2.75, 3.05) is 5.32 Å². The SMILES string of the molecule is Cc1ncc(NC(C)C2CCCC2)nc1C. The van der Waals surface area contributed by atoms with Crippen molar-refractivity contribution < 1.29 is 0 Å². The fourth-order valence-electron chi connectivity index (χ4n) is 2.42. The van der Waals surface area contributed by atoms with E-state index >= 15 is 0 Å². The van der Waals surface area contributed by atoms with Gasteiger partial charge in [-0.1, -0.05) is 12.8 Å². The molecule has 88 valence electrons. The second kappa shape index (κ2) is 4.81. The molecular weight excluding hydrogens is 198 g/mol. The molecule has 16 heavy (non-hydrogen) atoms. The van der Waals surface area contributed by atoms with Crippen molar-refractivity contribution in [3.63, 3.8) is 0 Å². The van der Waals surface area contributed by atoms with E-state index in [0.29, 0.717) is 6.04 Å². The van der Waals surface area contributed by atoms with E-state index in [9.17, 15) is 0 Å². The highest BCUT2D eigenvalue weighted by Gasteiger charge is 2.21. The van der Waals surface area contributed by atoms with Gasteiger partial charge in [-0.3, -0.25) is 4.98 Å². The van der Waals surface area contributed by atoms with Gasteiger partial charge in [-0.15, -0.1) is 0 Å². The Morgan fingerprint density at radius 1 is 1.25 bits per heavy atom. The van der Waals surface area contributed by atoms with E-state index in [1.165, 1.54) is 25.7 Å². The largest absolute Gasteiger partial charge is 0.366 e. The van der Waals surface area contributed by atoms with Crippen LogP contribution < -0.4 is 5.32 Å². The maximum Gasteiger partial charge on any atom is 0.145 e. The molecule has 1 aromatic rings. The molecule has 2 rings (SSSR count). The van der Waals surface area contributed by atoms with E-state index in [1.807, 2.05) is 20.0 Å². The Morgan fingerprint density at radius 3 is 2.56 bits per heavy atom. The molecule has 1 aliphatic carbocycles. The summed E-state index contributed by atoms with van der Waals surface area (Å²) in [5, 5.41) is 3.48. The van der Waals surface area contributed by atoms with Crippen LogP contribution in [-0.2, 0) is 0 Å². The first-order valence-corrected chi connectivity index (χ1v) is 6.23. The van der Waals surface area contributed by atoms with Gasteiger partial charge in [0.15, 0.2) is 0 Å². The molecule has 0 aliphatic heterocycles. The molecular formula is C13H21N3. The average molecular weight is 219 g/mol. The topological polar surface area (TPSA) is 37.8 Å². The summed E-state index contributed by atoms with van der Waals surface area (Å²) in [6.07, 6.45) is 7.32. The van der Waals surface area contributed by atoms with Crippen LogP contribution in [0, 0.1) is 19.8 Å². The van der Waals surface area contributed by atoms with Crippen LogP contribution in [0.3, 0.4) is 0 Å². The van der Waals surface area contributed by atoms with Crippen LogP contribution in [0.15, 0.2) is 6.20 Å². The second-order valence-corrected chi connectivity index (χ2v) is 4.90. The zero-order chi connectivity index (χ0) is 11.5. The summed E-state index contributed by atoms with van der Waals surface area (Å²) in [5.41, 5.74) is 2.03. The number of nitrogens with one attached hydrogen (secondary N) is 1. The molecule has 1 saturated carbocycles. The Morgan fingerprint density at radius 2 is 1.94 bits per heavy atom. The molecule has 1 atom stereocenters. The summed E-state index contributed by atoms with van der Waals surface area (Å²) < 4.78 is 0. The lowest BCUT2D eigenvalue weighted by Crippen LogP contribution is -2.24. The predicted octanol–water partition coefficient (Wildman–Crippen LogP) is 3.08. The van der Waals surface area contributed by atoms with E-state index in [0.717, 1.165) is 23.1 Å². The highest BCUT2D eigenvalue weighted by atomic mass is 15.0. The third-order valence-electron chi connectivity index (χ3n) is 3.67. The zero-order valence-electron chi connectivity index (χ0n) is 10.5. The summed E-state index contributed by atoms with van der Waals surface area (Å²) in [5.74, 6) is 1.73. The van der Waals surface area contributed by atoms with Crippen molar-refractivity contribution >= 4 is 5.82 Å². The molecule has 1 unspecified atom stereocenters. The van der Waals surface area contributed by atoms with Gasteiger partial charge in [-0.05, 0) is 39.5 Å². The standard InChI is InChI=1S/C13H21N3/c1-9-10(2)15-13(8-14-9)16-11(3)12-6-4-5-7-12/h8,11-12H,4-7H2,1-3H3,(H,15,16). The summed E-state index contributed by atoms with van der Waals surface area (Å²) >= 11 is 0. The normalized spacial score (nSPS) is 18.7. The Bertz CT molecular complexity index is 356. The molecule has 1 fully saturated rings. The van der Waals surface area contributed by atoms with E-state index < -0.39 is 0 Å². The molecule has 1 N–H and O–H groups in total. The predicted molar refractivity (Wildman–Crippen MR) is 66.5 cm³/mol. The van der Waals surface area contributed by atoms with Crippen LogP contribution >= 0.6 is 0 Å². The van der Waals surface area contributed by atoms with Crippen LogP contribution in [0.25, 0.3) is 0 Å². The molecule has 1 aromatic heterocycles. The summed E-state index contributed by atoms with van der Waals surface area (Å²) in [4.78, 5) is 8.84. The molecule has 0 bridgehead atoms. The third-order valence-corrected chi connectivity index (χ3v) is 3.67. The highest BCUT2D eigenvalue weighted by Crippen LogP contribution is 2.28. The first-order valence-electron chi connectivity index (χ1n) is 6.23. The molecule has 0 radical (unpaired) electrons. The number of aryl methyl sites for hydroxylation is 2. The first-order chi connectivity index (χ1) is 7.66. The van der Waals surface area contributed by atoms with Crippen LogP contribution in [0.2, 0.25) is 0 Å². The van der Waals surface area contributed by atoms with Crippen molar-refractivity contribution in [1.82, 2.24) is 9.97 Å². The first kappa shape index (κ1) is 11.4. The second-order valence-electron chi connectivity index (χ2n) is 4.90. The summed E-state index contributed by atoms with van der Waals surface area (Å²) in [6.45, 7) is 6.26. The minimum Gasteiger partial charge on any atom is -0.366 e. The fraction of sp³-hybridized carbons (Fsp3) is 0.692. The molecule has 0 amide bonds. The fourth-order valence-corrected chi connectivity index (χ4v) is 2.42. The lowest BCUT2D eigenvalue weighted by Gasteiger charge is -2.20. The molecule has 3 heteroatoms. The van der Waals surface area contributed by atoms with Crippen molar-refractivity contribution in [3.05, 3.63) is 17.6 Å². The lowest BCUT2D eigenvalue weighted by atomic mass is 10.00. The number of aromatic nitrogens is 2. The van der Waals surface area contributed by atoms with E-state index in [4.69, 9.17) is 0 Å².